The highest BCUT2D eigenvalue weighted by molar-refractivity contribution is 7.17. The number of thiophene rings is 1. The van der Waals surface area contributed by atoms with E-state index in [0.29, 0.717) is 5.92 Å². The fourth-order valence-electron chi connectivity index (χ4n) is 2.99. The average Bonchev–Trinajstić information content (AvgIpc) is 3.14. The highest BCUT2D eigenvalue weighted by Gasteiger charge is 2.18. The smallest absolute Gasteiger partial charge is 0.0938 e. The van der Waals surface area contributed by atoms with Crippen LogP contribution in [-0.2, 0) is 0 Å². The molecule has 102 valence electrons. The zero-order chi connectivity index (χ0) is 13.4. The van der Waals surface area contributed by atoms with Crippen LogP contribution in [0.1, 0.15) is 24.5 Å². The molecule has 3 aromatic rings. The molecule has 4 rings (SSSR count). The maximum atomic E-state index is 4.55. The van der Waals surface area contributed by atoms with Gasteiger partial charge in [0.05, 0.1) is 5.69 Å². The Morgan fingerprint density at radius 1 is 1.15 bits per heavy atom. The summed E-state index contributed by atoms with van der Waals surface area (Å²) in [6.07, 6.45) is 2.40. The topological polar surface area (TPSA) is 40.7 Å². The molecule has 0 aliphatic carbocycles. The van der Waals surface area contributed by atoms with Gasteiger partial charge in [0.1, 0.15) is 0 Å². The lowest BCUT2D eigenvalue weighted by Crippen LogP contribution is -2.26. The Bertz CT molecular complexity index is 722. The number of H-pyrrole nitrogens is 1. The van der Waals surface area contributed by atoms with Gasteiger partial charge in [-0.25, -0.2) is 0 Å². The monoisotopic (exact) mass is 283 g/mol. The number of aromatic amines is 1. The van der Waals surface area contributed by atoms with Crippen molar-refractivity contribution in [3.8, 4) is 11.3 Å². The van der Waals surface area contributed by atoms with E-state index in [1.54, 1.807) is 11.3 Å². The van der Waals surface area contributed by atoms with E-state index in [9.17, 15) is 0 Å². The molecule has 3 heterocycles. The number of piperidine rings is 1. The van der Waals surface area contributed by atoms with E-state index in [-0.39, 0.29) is 0 Å². The number of nitrogens with one attached hydrogen (secondary N) is 2. The summed E-state index contributed by atoms with van der Waals surface area (Å²) in [5.41, 5.74) is 3.62. The second kappa shape index (κ2) is 5.04. The van der Waals surface area contributed by atoms with Crippen molar-refractivity contribution < 1.29 is 0 Å². The largest absolute Gasteiger partial charge is 0.317 e. The van der Waals surface area contributed by atoms with E-state index in [0.717, 1.165) is 18.8 Å². The predicted molar refractivity (Wildman–Crippen MR) is 84.3 cm³/mol. The van der Waals surface area contributed by atoms with Gasteiger partial charge in [-0.1, -0.05) is 18.2 Å². The summed E-state index contributed by atoms with van der Waals surface area (Å²) in [5, 5.41) is 14.7. The number of benzene rings is 1. The molecule has 1 aliphatic rings. The zero-order valence-electron chi connectivity index (χ0n) is 11.2. The van der Waals surface area contributed by atoms with Gasteiger partial charge in [-0.3, -0.25) is 5.10 Å². The molecule has 0 radical (unpaired) electrons. The summed E-state index contributed by atoms with van der Waals surface area (Å²) >= 11 is 1.79. The third-order valence-corrected chi connectivity index (χ3v) is 5.10. The van der Waals surface area contributed by atoms with Crippen LogP contribution in [-0.4, -0.2) is 23.3 Å². The van der Waals surface area contributed by atoms with Crippen LogP contribution in [0.4, 0.5) is 0 Å². The molecule has 0 bridgehead atoms. The highest BCUT2D eigenvalue weighted by Crippen LogP contribution is 2.34. The highest BCUT2D eigenvalue weighted by atomic mass is 32.1. The fourth-order valence-corrected chi connectivity index (χ4v) is 3.95. The van der Waals surface area contributed by atoms with E-state index >= 15 is 0 Å². The number of hydrogen-bond donors (Lipinski definition) is 2. The number of hydrogen-bond acceptors (Lipinski definition) is 3. The molecule has 3 nitrogen and oxygen atoms in total. The molecular formula is C16H17N3S. The number of aromatic nitrogens is 2. The third kappa shape index (κ3) is 2.05. The van der Waals surface area contributed by atoms with Crippen LogP contribution in [0, 0.1) is 0 Å². The molecule has 2 N–H and O–H groups in total. The van der Waals surface area contributed by atoms with Crippen LogP contribution in [0.5, 0.6) is 0 Å². The van der Waals surface area contributed by atoms with E-state index < -0.39 is 0 Å². The summed E-state index contributed by atoms with van der Waals surface area (Å²) in [5.74, 6) is 0.627. The molecule has 20 heavy (non-hydrogen) atoms. The van der Waals surface area contributed by atoms with E-state index in [1.807, 2.05) is 0 Å². The second-order valence-corrected chi connectivity index (χ2v) is 6.29. The first-order valence-corrected chi connectivity index (χ1v) is 8.02. The first-order valence-electron chi connectivity index (χ1n) is 7.14. The summed E-state index contributed by atoms with van der Waals surface area (Å²) < 4.78 is 1.33. The van der Waals surface area contributed by atoms with Gasteiger partial charge in [0, 0.05) is 32.6 Å². The van der Waals surface area contributed by atoms with Gasteiger partial charge in [0.15, 0.2) is 0 Å². The standard InChI is InChI=1S/C16H17N3S/c1-2-4-16-12(3-1)13(10-20-16)15-9-14(18-19-15)11-5-7-17-8-6-11/h1-4,9-11,17H,5-8H2,(H,18,19). The Kier molecular flexibility index (Phi) is 3.05. The van der Waals surface area contributed by atoms with Crippen molar-refractivity contribution >= 4 is 21.4 Å². The Hall–Kier alpha value is -1.65. The number of nitrogens with zero attached hydrogens (tertiary/aromatic N) is 1. The lowest BCUT2D eigenvalue weighted by Gasteiger charge is -2.20. The van der Waals surface area contributed by atoms with Gasteiger partial charge in [-0.05, 0) is 38.1 Å². The van der Waals surface area contributed by atoms with E-state index in [2.05, 4.69) is 51.2 Å². The maximum absolute atomic E-state index is 4.55. The van der Waals surface area contributed by atoms with E-state index in [4.69, 9.17) is 0 Å². The summed E-state index contributed by atoms with van der Waals surface area (Å²) in [6.45, 7) is 2.22. The molecule has 1 aliphatic heterocycles. The van der Waals surface area contributed by atoms with Crippen molar-refractivity contribution in [3.63, 3.8) is 0 Å². The predicted octanol–water partition coefficient (Wildman–Crippen LogP) is 3.76. The Labute approximate surface area is 122 Å². The molecule has 0 amide bonds. The van der Waals surface area contributed by atoms with Crippen molar-refractivity contribution in [2.75, 3.05) is 13.1 Å². The summed E-state index contributed by atoms with van der Waals surface area (Å²) in [7, 11) is 0. The molecule has 0 unspecified atom stereocenters. The molecule has 0 spiro atoms. The fraction of sp³-hybridized carbons (Fsp3) is 0.312. The quantitative estimate of drug-likeness (QED) is 0.752. The van der Waals surface area contributed by atoms with Crippen LogP contribution in [0.25, 0.3) is 21.3 Å². The van der Waals surface area contributed by atoms with Crippen LogP contribution in [0.2, 0.25) is 0 Å². The van der Waals surface area contributed by atoms with Gasteiger partial charge < -0.3 is 5.32 Å². The molecular weight excluding hydrogens is 266 g/mol. The van der Waals surface area contributed by atoms with Gasteiger partial charge >= 0.3 is 0 Å². The third-order valence-electron chi connectivity index (χ3n) is 4.13. The van der Waals surface area contributed by atoms with Gasteiger partial charge in [-0.15, -0.1) is 11.3 Å². The van der Waals surface area contributed by atoms with Crippen LogP contribution in [0.15, 0.2) is 35.7 Å². The average molecular weight is 283 g/mol. The van der Waals surface area contributed by atoms with Crippen LogP contribution >= 0.6 is 11.3 Å². The zero-order valence-corrected chi connectivity index (χ0v) is 12.0. The van der Waals surface area contributed by atoms with Gasteiger partial charge in [-0.2, -0.15) is 5.10 Å². The Morgan fingerprint density at radius 3 is 2.90 bits per heavy atom. The lowest BCUT2D eigenvalue weighted by molar-refractivity contribution is 0.453. The Balaban J connectivity index is 1.70. The van der Waals surface area contributed by atoms with Crippen LogP contribution in [0.3, 0.4) is 0 Å². The van der Waals surface area contributed by atoms with Crippen molar-refractivity contribution in [2.24, 2.45) is 0 Å². The molecule has 2 aromatic heterocycles. The summed E-state index contributed by atoms with van der Waals surface area (Å²) in [6, 6.07) is 10.8. The SMILES string of the molecule is c1ccc2c(-c3cc(C4CCNCC4)[nH]n3)csc2c1. The van der Waals surface area contributed by atoms with Crippen molar-refractivity contribution in [1.29, 1.82) is 0 Å². The van der Waals surface area contributed by atoms with Crippen molar-refractivity contribution in [1.82, 2.24) is 15.5 Å². The number of rotatable bonds is 2. The minimum Gasteiger partial charge on any atom is -0.317 e. The molecule has 0 saturated carbocycles. The van der Waals surface area contributed by atoms with Gasteiger partial charge in [0.2, 0.25) is 0 Å². The normalized spacial score (nSPS) is 16.8. The first kappa shape index (κ1) is 12.1. The maximum Gasteiger partial charge on any atom is 0.0938 e. The second-order valence-electron chi connectivity index (χ2n) is 5.38. The molecule has 1 fully saturated rings. The lowest BCUT2D eigenvalue weighted by atomic mass is 9.94. The van der Waals surface area contributed by atoms with Crippen LogP contribution < -0.4 is 5.32 Å². The molecule has 4 heteroatoms. The minimum absolute atomic E-state index is 0.627. The summed E-state index contributed by atoms with van der Waals surface area (Å²) in [4.78, 5) is 0. The van der Waals surface area contributed by atoms with Crippen molar-refractivity contribution in [3.05, 3.63) is 41.4 Å². The number of fused-ring (bicyclic) bond motifs is 1. The van der Waals surface area contributed by atoms with E-state index in [1.165, 1.54) is 34.2 Å². The first-order chi connectivity index (χ1) is 9.92. The minimum atomic E-state index is 0.627. The Morgan fingerprint density at radius 2 is 2.00 bits per heavy atom. The molecule has 0 atom stereocenters. The van der Waals surface area contributed by atoms with Gasteiger partial charge in [0.25, 0.3) is 0 Å². The van der Waals surface area contributed by atoms with Crippen molar-refractivity contribution in [2.45, 2.75) is 18.8 Å². The molecule has 1 saturated heterocycles. The molecule has 1 aromatic carbocycles.